The Morgan fingerprint density at radius 1 is 0.952 bits per heavy atom. The van der Waals surface area contributed by atoms with E-state index >= 15 is 0 Å². The van der Waals surface area contributed by atoms with Crippen molar-refractivity contribution >= 4 is 5.97 Å². The Labute approximate surface area is 123 Å². The minimum atomic E-state index is -0.980. The molecule has 0 aliphatic rings. The zero-order valence-electron chi connectivity index (χ0n) is 11.4. The van der Waals surface area contributed by atoms with Gasteiger partial charge in [0.25, 0.3) is 0 Å². The molecule has 4 heteroatoms. The number of carboxylic acids is 1. The first-order valence-electron chi connectivity index (χ1n) is 6.53. The zero-order valence-corrected chi connectivity index (χ0v) is 11.4. The summed E-state index contributed by atoms with van der Waals surface area (Å²) in [6.45, 7) is 0.718. The molecule has 2 rings (SSSR count). The highest BCUT2D eigenvalue weighted by Gasteiger charge is 1.97. The molecule has 0 fully saturated rings. The average Bonchev–Trinajstić information content (AvgIpc) is 2.51. The number of para-hydroxylation sites is 1. The molecule has 2 aromatic carbocycles. The number of rotatable bonds is 7. The first kappa shape index (κ1) is 14.7. The Morgan fingerprint density at radius 3 is 2.29 bits per heavy atom. The van der Waals surface area contributed by atoms with E-state index in [2.05, 4.69) is 0 Å². The number of hydrogen-bond acceptors (Lipinski definition) is 3. The molecule has 0 aliphatic heterocycles. The summed E-state index contributed by atoms with van der Waals surface area (Å²) >= 11 is 0. The van der Waals surface area contributed by atoms with Gasteiger partial charge in [0.15, 0.2) is 0 Å². The fourth-order valence-corrected chi connectivity index (χ4v) is 1.66. The number of aliphatic carboxylic acids is 1. The van der Waals surface area contributed by atoms with Gasteiger partial charge in [0.1, 0.15) is 24.7 Å². The van der Waals surface area contributed by atoms with Crippen LogP contribution in [0.1, 0.15) is 5.56 Å². The van der Waals surface area contributed by atoms with E-state index in [1.807, 2.05) is 54.6 Å². The monoisotopic (exact) mass is 284 g/mol. The van der Waals surface area contributed by atoms with Crippen molar-refractivity contribution in [2.75, 3.05) is 6.61 Å². The lowest BCUT2D eigenvalue weighted by atomic mass is 10.2. The van der Waals surface area contributed by atoms with E-state index in [-0.39, 0.29) is 6.61 Å². The fourth-order valence-electron chi connectivity index (χ4n) is 1.66. The van der Waals surface area contributed by atoms with E-state index in [0.717, 1.165) is 17.4 Å². The van der Waals surface area contributed by atoms with Crippen LogP contribution in [0.25, 0.3) is 0 Å². The van der Waals surface area contributed by atoms with Crippen molar-refractivity contribution in [2.45, 2.75) is 6.61 Å². The van der Waals surface area contributed by atoms with Crippen molar-refractivity contribution in [1.29, 1.82) is 0 Å². The van der Waals surface area contributed by atoms with Crippen molar-refractivity contribution < 1.29 is 19.4 Å². The van der Waals surface area contributed by atoms with Crippen LogP contribution in [0.5, 0.6) is 11.5 Å². The Morgan fingerprint density at radius 2 is 1.62 bits per heavy atom. The molecule has 0 aliphatic carbocycles. The smallest absolute Gasteiger partial charge is 0.328 e. The molecule has 0 saturated heterocycles. The number of benzene rings is 2. The summed E-state index contributed by atoms with van der Waals surface area (Å²) in [7, 11) is 0. The fraction of sp³-hybridized carbons (Fsp3) is 0.118. The summed E-state index contributed by atoms with van der Waals surface area (Å²) in [4.78, 5) is 10.3. The first-order valence-corrected chi connectivity index (χ1v) is 6.53. The third-order valence-corrected chi connectivity index (χ3v) is 2.68. The number of ether oxygens (including phenoxy) is 2. The largest absolute Gasteiger partial charge is 0.490 e. The summed E-state index contributed by atoms with van der Waals surface area (Å²) in [5.74, 6) is 0.539. The minimum Gasteiger partial charge on any atom is -0.490 e. The lowest BCUT2D eigenvalue weighted by molar-refractivity contribution is -0.131. The van der Waals surface area contributed by atoms with Gasteiger partial charge in [-0.3, -0.25) is 0 Å². The summed E-state index contributed by atoms with van der Waals surface area (Å²) in [5, 5.41) is 8.44. The maximum absolute atomic E-state index is 10.3. The van der Waals surface area contributed by atoms with Gasteiger partial charge in [-0.15, -0.1) is 0 Å². The predicted molar refractivity (Wildman–Crippen MR) is 79.5 cm³/mol. The quantitative estimate of drug-likeness (QED) is 0.793. The molecular weight excluding hydrogens is 268 g/mol. The summed E-state index contributed by atoms with van der Waals surface area (Å²) in [6.07, 6.45) is 2.51. The minimum absolute atomic E-state index is 0.228. The van der Waals surface area contributed by atoms with Crippen molar-refractivity contribution in [3.8, 4) is 11.5 Å². The molecule has 0 saturated carbocycles. The highest BCUT2D eigenvalue weighted by Crippen LogP contribution is 2.15. The molecule has 2 aromatic rings. The van der Waals surface area contributed by atoms with Gasteiger partial charge in [0.2, 0.25) is 0 Å². The van der Waals surface area contributed by atoms with E-state index in [9.17, 15) is 4.79 Å². The zero-order chi connectivity index (χ0) is 14.9. The molecular formula is C17H16O4. The molecule has 4 nitrogen and oxygen atoms in total. The van der Waals surface area contributed by atoms with Crippen LogP contribution in [0, 0.1) is 0 Å². The number of carbonyl (C=O) groups is 1. The lowest BCUT2D eigenvalue weighted by Gasteiger charge is -2.07. The van der Waals surface area contributed by atoms with Gasteiger partial charge in [0.05, 0.1) is 0 Å². The van der Waals surface area contributed by atoms with Crippen LogP contribution in [0.4, 0.5) is 0 Å². The van der Waals surface area contributed by atoms with Gasteiger partial charge >= 0.3 is 5.97 Å². The Kier molecular flexibility index (Phi) is 5.41. The first-order chi connectivity index (χ1) is 10.2. The highest BCUT2D eigenvalue weighted by atomic mass is 16.5. The van der Waals surface area contributed by atoms with Crippen molar-refractivity contribution in [3.63, 3.8) is 0 Å². The van der Waals surface area contributed by atoms with Crippen LogP contribution in [0.3, 0.4) is 0 Å². The van der Waals surface area contributed by atoms with Gasteiger partial charge in [-0.1, -0.05) is 30.3 Å². The van der Waals surface area contributed by atoms with Crippen LogP contribution in [0.15, 0.2) is 66.7 Å². The molecule has 0 heterocycles. The molecule has 0 radical (unpaired) electrons. The van der Waals surface area contributed by atoms with Gasteiger partial charge in [0, 0.05) is 6.08 Å². The molecule has 21 heavy (non-hydrogen) atoms. The van der Waals surface area contributed by atoms with Crippen LogP contribution in [-0.4, -0.2) is 17.7 Å². The predicted octanol–water partition coefficient (Wildman–Crippen LogP) is 3.29. The van der Waals surface area contributed by atoms with Crippen LogP contribution in [0.2, 0.25) is 0 Å². The van der Waals surface area contributed by atoms with E-state index in [0.29, 0.717) is 12.4 Å². The summed E-state index contributed by atoms with van der Waals surface area (Å²) < 4.78 is 11.0. The van der Waals surface area contributed by atoms with E-state index in [4.69, 9.17) is 14.6 Å². The molecule has 0 amide bonds. The second-order valence-corrected chi connectivity index (χ2v) is 4.30. The molecule has 0 atom stereocenters. The second-order valence-electron chi connectivity index (χ2n) is 4.30. The highest BCUT2D eigenvalue weighted by molar-refractivity contribution is 5.79. The lowest BCUT2D eigenvalue weighted by Crippen LogP contribution is -1.97. The molecule has 0 aromatic heterocycles. The van der Waals surface area contributed by atoms with E-state index in [1.54, 1.807) is 0 Å². The number of carboxylic acid groups (broad SMARTS) is 1. The van der Waals surface area contributed by atoms with Crippen LogP contribution < -0.4 is 9.47 Å². The molecule has 108 valence electrons. The SMILES string of the molecule is O=C(O)/C=C/COc1ccc(COc2ccccc2)cc1. The third kappa shape index (κ3) is 5.40. The van der Waals surface area contributed by atoms with Gasteiger partial charge in [-0.05, 0) is 35.9 Å². The maximum atomic E-state index is 10.3. The molecule has 1 N–H and O–H groups in total. The van der Waals surface area contributed by atoms with Crippen molar-refractivity contribution in [3.05, 3.63) is 72.3 Å². The topological polar surface area (TPSA) is 55.8 Å². The van der Waals surface area contributed by atoms with Crippen LogP contribution in [-0.2, 0) is 11.4 Å². The van der Waals surface area contributed by atoms with Gasteiger partial charge in [-0.2, -0.15) is 0 Å². The Bertz CT molecular complexity index is 588. The molecule has 0 spiro atoms. The van der Waals surface area contributed by atoms with Crippen molar-refractivity contribution in [1.82, 2.24) is 0 Å². The van der Waals surface area contributed by atoms with E-state index in [1.165, 1.54) is 6.08 Å². The third-order valence-electron chi connectivity index (χ3n) is 2.68. The van der Waals surface area contributed by atoms with E-state index < -0.39 is 5.97 Å². The second kappa shape index (κ2) is 7.75. The van der Waals surface area contributed by atoms with Crippen LogP contribution >= 0.6 is 0 Å². The maximum Gasteiger partial charge on any atom is 0.328 e. The average molecular weight is 284 g/mol. The molecule has 0 unspecified atom stereocenters. The summed E-state index contributed by atoms with van der Waals surface area (Å²) in [5.41, 5.74) is 1.03. The van der Waals surface area contributed by atoms with Crippen molar-refractivity contribution in [2.24, 2.45) is 0 Å². The normalized spacial score (nSPS) is 10.5. The summed E-state index contributed by atoms with van der Waals surface area (Å²) in [6, 6.07) is 17.1. The van der Waals surface area contributed by atoms with Gasteiger partial charge in [-0.25, -0.2) is 4.79 Å². The Balaban J connectivity index is 1.80. The molecule has 0 bridgehead atoms. The standard InChI is InChI=1S/C17H16O4/c18-17(19)7-4-12-20-16-10-8-14(9-11-16)13-21-15-5-2-1-3-6-15/h1-11H,12-13H2,(H,18,19)/b7-4+. The number of hydrogen-bond donors (Lipinski definition) is 1. The van der Waals surface area contributed by atoms with Gasteiger partial charge < -0.3 is 14.6 Å². The Hall–Kier alpha value is -2.75.